The van der Waals surface area contributed by atoms with E-state index in [0.717, 1.165) is 0 Å². The first-order valence-electron chi connectivity index (χ1n) is 4.80. The topological polar surface area (TPSA) is 52.8 Å². The van der Waals surface area contributed by atoms with E-state index in [0.29, 0.717) is 29.2 Å². The Balaban J connectivity index is 2.64. The molecule has 2 aromatic rings. The maximum absolute atomic E-state index is 5.84. The third kappa shape index (κ3) is 1.74. The molecule has 0 aliphatic heterocycles. The fraction of sp³-hybridized carbons (Fsp3) is 0.300. The van der Waals surface area contributed by atoms with Crippen molar-refractivity contribution in [2.75, 3.05) is 6.61 Å². The number of imidazole rings is 1. The third-order valence-corrected chi connectivity index (χ3v) is 2.28. The van der Waals surface area contributed by atoms with Crippen LogP contribution >= 0.6 is 11.6 Å². The molecule has 84 valence electrons. The lowest BCUT2D eigenvalue weighted by molar-refractivity contribution is 0.298. The van der Waals surface area contributed by atoms with Crippen molar-refractivity contribution in [2.24, 2.45) is 7.05 Å². The summed E-state index contributed by atoms with van der Waals surface area (Å²) < 4.78 is 7.08. The van der Waals surface area contributed by atoms with Crippen LogP contribution in [0, 0.1) is 0 Å². The maximum atomic E-state index is 5.84. The Kier molecular flexibility index (Phi) is 2.78. The molecule has 0 spiro atoms. The van der Waals surface area contributed by atoms with E-state index >= 15 is 0 Å². The first-order chi connectivity index (χ1) is 7.63. The number of halogens is 1. The second-order valence-electron chi connectivity index (χ2n) is 3.23. The predicted octanol–water partition coefficient (Wildman–Crippen LogP) is 2.02. The highest BCUT2D eigenvalue weighted by atomic mass is 35.5. The summed E-state index contributed by atoms with van der Waals surface area (Å²) >= 11 is 5.84. The molecule has 2 heterocycles. The van der Waals surface area contributed by atoms with E-state index < -0.39 is 0 Å². The molecule has 0 bridgehead atoms. The van der Waals surface area contributed by atoms with Gasteiger partial charge in [-0.25, -0.2) is 9.97 Å². The largest absolute Gasteiger partial charge is 0.492 e. The Morgan fingerprint density at radius 1 is 1.56 bits per heavy atom. The SMILES string of the molecule is C=C(OCC)c1nc(Cl)nc2c1ncn2C. The monoisotopic (exact) mass is 238 g/mol. The zero-order valence-electron chi connectivity index (χ0n) is 9.07. The molecular formula is C10H11ClN4O. The standard InChI is InChI=1S/C10H11ClN4O/c1-4-16-6(2)7-8-9(14-10(11)13-7)15(3)5-12-8/h5H,2,4H2,1,3H3. The Labute approximate surface area is 97.7 Å². The molecular weight excluding hydrogens is 228 g/mol. The van der Waals surface area contributed by atoms with Crippen molar-refractivity contribution in [1.82, 2.24) is 19.5 Å². The van der Waals surface area contributed by atoms with Gasteiger partial charge in [-0.05, 0) is 18.5 Å². The molecule has 0 aliphatic carbocycles. The van der Waals surface area contributed by atoms with Gasteiger partial charge in [-0.1, -0.05) is 6.58 Å². The van der Waals surface area contributed by atoms with Gasteiger partial charge in [-0.3, -0.25) is 0 Å². The normalized spacial score (nSPS) is 10.7. The lowest BCUT2D eigenvalue weighted by Gasteiger charge is -2.06. The average molecular weight is 239 g/mol. The van der Waals surface area contributed by atoms with Crippen molar-refractivity contribution in [3.63, 3.8) is 0 Å². The Bertz CT molecular complexity index is 549. The smallest absolute Gasteiger partial charge is 0.225 e. The van der Waals surface area contributed by atoms with Crippen molar-refractivity contribution in [2.45, 2.75) is 6.92 Å². The highest BCUT2D eigenvalue weighted by Gasteiger charge is 2.14. The van der Waals surface area contributed by atoms with Gasteiger partial charge in [0, 0.05) is 7.05 Å². The molecule has 5 nitrogen and oxygen atoms in total. The fourth-order valence-corrected chi connectivity index (χ4v) is 1.58. The van der Waals surface area contributed by atoms with Gasteiger partial charge in [0.25, 0.3) is 0 Å². The number of hydrogen-bond acceptors (Lipinski definition) is 4. The molecule has 0 saturated heterocycles. The van der Waals surface area contributed by atoms with Crippen LogP contribution in [-0.2, 0) is 11.8 Å². The van der Waals surface area contributed by atoms with Crippen LogP contribution in [0.2, 0.25) is 5.28 Å². The molecule has 0 atom stereocenters. The summed E-state index contributed by atoms with van der Waals surface area (Å²) in [5.74, 6) is 0.454. The number of hydrogen-bond donors (Lipinski definition) is 0. The summed E-state index contributed by atoms with van der Waals surface area (Å²) in [5, 5.41) is 0.159. The first-order valence-corrected chi connectivity index (χ1v) is 5.18. The number of nitrogens with zero attached hydrogens (tertiary/aromatic N) is 4. The Hall–Kier alpha value is -1.62. The van der Waals surface area contributed by atoms with E-state index in [1.807, 2.05) is 14.0 Å². The fourth-order valence-electron chi connectivity index (χ4n) is 1.42. The highest BCUT2D eigenvalue weighted by molar-refractivity contribution is 6.28. The molecule has 0 saturated carbocycles. The van der Waals surface area contributed by atoms with Crippen molar-refractivity contribution < 1.29 is 4.74 Å². The molecule has 6 heteroatoms. The maximum Gasteiger partial charge on any atom is 0.225 e. The van der Waals surface area contributed by atoms with Crippen molar-refractivity contribution >= 4 is 28.5 Å². The molecule has 0 aliphatic rings. The van der Waals surface area contributed by atoms with Crippen LogP contribution in [0.4, 0.5) is 0 Å². The minimum Gasteiger partial charge on any atom is -0.492 e. The van der Waals surface area contributed by atoms with E-state index in [2.05, 4.69) is 21.5 Å². The summed E-state index contributed by atoms with van der Waals surface area (Å²) in [6.45, 7) is 6.20. The second kappa shape index (κ2) is 4.09. The first kappa shape index (κ1) is 10.9. The lowest BCUT2D eigenvalue weighted by atomic mass is 10.3. The summed E-state index contributed by atoms with van der Waals surface area (Å²) in [6, 6.07) is 0. The van der Waals surface area contributed by atoms with Gasteiger partial charge in [0.1, 0.15) is 17.0 Å². The van der Waals surface area contributed by atoms with E-state index in [1.54, 1.807) is 10.9 Å². The average Bonchev–Trinajstić information content (AvgIpc) is 2.60. The van der Waals surface area contributed by atoms with Gasteiger partial charge >= 0.3 is 0 Å². The zero-order valence-corrected chi connectivity index (χ0v) is 9.82. The van der Waals surface area contributed by atoms with E-state index in [9.17, 15) is 0 Å². The van der Waals surface area contributed by atoms with E-state index in [1.165, 1.54) is 0 Å². The van der Waals surface area contributed by atoms with Crippen LogP contribution in [0.15, 0.2) is 12.9 Å². The van der Waals surface area contributed by atoms with Gasteiger partial charge in [0.15, 0.2) is 5.65 Å². The number of aryl methyl sites for hydroxylation is 1. The minimum absolute atomic E-state index is 0.159. The Morgan fingerprint density at radius 3 is 3.00 bits per heavy atom. The van der Waals surface area contributed by atoms with Crippen LogP contribution in [0.25, 0.3) is 16.9 Å². The van der Waals surface area contributed by atoms with Crippen LogP contribution in [0.3, 0.4) is 0 Å². The molecule has 2 aromatic heterocycles. The molecule has 0 fully saturated rings. The van der Waals surface area contributed by atoms with Crippen molar-refractivity contribution in [3.8, 4) is 0 Å². The van der Waals surface area contributed by atoms with Crippen molar-refractivity contribution in [3.05, 3.63) is 23.9 Å². The highest BCUT2D eigenvalue weighted by Crippen LogP contribution is 2.22. The van der Waals surface area contributed by atoms with E-state index in [-0.39, 0.29) is 5.28 Å². The summed E-state index contributed by atoms with van der Waals surface area (Å²) in [6.07, 6.45) is 1.65. The molecule has 2 rings (SSSR count). The van der Waals surface area contributed by atoms with E-state index in [4.69, 9.17) is 16.3 Å². The van der Waals surface area contributed by atoms with Gasteiger partial charge in [0.2, 0.25) is 5.28 Å². The van der Waals surface area contributed by atoms with Crippen LogP contribution in [0.5, 0.6) is 0 Å². The van der Waals surface area contributed by atoms with Gasteiger partial charge in [-0.2, -0.15) is 4.98 Å². The molecule has 0 unspecified atom stereocenters. The van der Waals surface area contributed by atoms with Crippen molar-refractivity contribution in [1.29, 1.82) is 0 Å². The summed E-state index contributed by atoms with van der Waals surface area (Å²) in [7, 11) is 1.84. The summed E-state index contributed by atoms with van der Waals surface area (Å²) in [5.41, 5.74) is 1.85. The van der Waals surface area contributed by atoms with Crippen LogP contribution < -0.4 is 0 Å². The molecule has 16 heavy (non-hydrogen) atoms. The minimum atomic E-state index is 0.159. The van der Waals surface area contributed by atoms with Gasteiger partial charge in [-0.15, -0.1) is 0 Å². The second-order valence-corrected chi connectivity index (χ2v) is 3.56. The number of rotatable bonds is 3. The quantitative estimate of drug-likeness (QED) is 0.607. The van der Waals surface area contributed by atoms with Gasteiger partial charge < -0.3 is 9.30 Å². The lowest BCUT2D eigenvalue weighted by Crippen LogP contribution is -1.98. The summed E-state index contributed by atoms with van der Waals surface area (Å²) in [4.78, 5) is 12.4. The third-order valence-electron chi connectivity index (χ3n) is 2.12. The van der Waals surface area contributed by atoms with Gasteiger partial charge in [0.05, 0.1) is 12.9 Å². The molecule has 0 amide bonds. The predicted molar refractivity (Wildman–Crippen MR) is 62.0 cm³/mol. The number of ether oxygens (including phenoxy) is 1. The molecule has 0 aromatic carbocycles. The Morgan fingerprint density at radius 2 is 2.31 bits per heavy atom. The molecule has 0 radical (unpaired) electrons. The van der Waals surface area contributed by atoms with Crippen LogP contribution in [0.1, 0.15) is 12.6 Å². The zero-order chi connectivity index (χ0) is 11.7. The number of fused-ring (bicyclic) bond motifs is 1. The van der Waals surface area contributed by atoms with Crippen LogP contribution in [-0.4, -0.2) is 26.1 Å². The molecule has 0 N–H and O–H groups in total. The number of aromatic nitrogens is 4.